The van der Waals surface area contributed by atoms with E-state index in [1.54, 1.807) is 0 Å². The molecule has 112 valence electrons. The predicted octanol–water partition coefficient (Wildman–Crippen LogP) is 4.15. The molecule has 0 atom stereocenters. The van der Waals surface area contributed by atoms with E-state index in [1.165, 1.54) is 56.7 Å². The molecule has 0 radical (unpaired) electrons. The molecule has 2 aromatic rings. The van der Waals surface area contributed by atoms with E-state index < -0.39 is 0 Å². The summed E-state index contributed by atoms with van der Waals surface area (Å²) in [6.07, 6.45) is 11.6. The van der Waals surface area contributed by atoms with Gasteiger partial charge < -0.3 is 5.11 Å². The van der Waals surface area contributed by atoms with Crippen molar-refractivity contribution in [3.05, 3.63) is 36.4 Å². The van der Waals surface area contributed by atoms with Crippen molar-refractivity contribution in [3.63, 3.8) is 0 Å². The zero-order valence-corrected chi connectivity index (χ0v) is 12.6. The summed E-state index contributed by atoms with van der Waals surface area (Å²) in [6.45, 7) is 2.23. The summed E-state index contributed by atoms with van der Waals surface area (Å²) in [5.41, 5.74) is 1.82. The first-order valence-corrected chi connectivity index (χ1v) is 7.75. The highest BCUT2D eigenvalue weighted by Crippen LogP contribution is 2.27. The topological polar surface area (TPSA) is 58.9 Å². The first-order chi connectivity index (χ1) is 10.3. The molecular weight excluding hydrogens is 262 g/mol. The van der Waals surface area contributed by atoms with Crippen molar-refractivity contribution in [1.82, 2.24) is 15.0 Å². The minimum atomic E-state index is 0.240. The third-order valence-electron chi connectivity index (χ3n) is 3.62. The number of benzene rings is 1. The summed E-state index contributed by atoms with van der Waals surface area (Å²) < 4.78 is 0. The van der Waals surface area contributed by atoms with Gasteiger partial charge in [0.15, 0.2) is 5.82 Å². The van der Waals surface area contributed by atoms with Crippen molar-refractivity contribution in [1.29, 1.82) is 0 Å². The molecule has 0 bridgehead atoms. The van der Waals surface area contributed by atoms with Crippen LogP contribution >= 0.6 is 0 Å². The molecule has 0 fully saturated rings. The Morgan fingerprint density at radius 3 is 2.38 bits per heavy atom. The monoisotopic (exact) mass is 285 g/mol. The number of hydrogen-bond donors (Lipinski definition) is 1. The van der Waals surface area contributed by atoms with Crippen LogP contribution in [-0.2, 0) is 6.42 Å². The normalized spacial score (nSPS) is 10.7. The lowest BCUT2D eigenvalue weighted by atomic mass is 10.0. The van der Waals surface area contributed by atoms with Crippen LogP contribution in [0.4, 0.5) is 0 Å². The molecule has 0 unspecified atom stereocenters. The van der Waals surface area contributed by atoms with Gasteiger partial charge in [-0.3, -0.25) is 0 Å². The summed E-state index contributed by atoms with van der Waals surface area (Å²) in [4.78, 5) is 11.9. The van der Waals surface area contributed by atoms with Crippen molar-refractivity contribution in [3.8, 4) is 17.1 Å². The van der Waals surface area contributed by atoms with Gasteiger partial charge in [0, 0.05) is 0 Å². The molecule has 1 aromatic carbocycles. The van der Waals surface area contributed by atoms with Crippen LogP contribution < -0.4 is 0 Å². The van der Waals surface area contributed by atoms with Gasteiger partial charge >= 0.3 is 0 Å². The van der Waals surface area contributed by atoms with Gasteiger partial charge in [0.25, 0.3) is 0 Å². The molecule has 1 N–H and O–H groups in total. The molecule has 0 aliphatic carbocycles. The summed E-state index contributed by atoms with van der Waals surface area (Å²) in [5.74, 6) is 0.748. The van der Waals surface area contributed by atoms with E-state index in [2.05, 4.69) is 21.9 Å². The van der Waals surface area contributed by atoms with Gasteiger partial charge in [-0.15, -0.1) is 0 Å². The van der Waals surface area contributed by atoms with Crippen LogP contribution in [0, 0.1) is 0 Å². The van der Waals surface area contributed by atoms with Gasteiger partial charge in [-0.25, -0.2) is 15.0 Å². The van der Waals surface area contributed by atoms with E-state index in [0.717, 1.165) is 6.42 Å². The van der Waals surface area contributed by atoms with Crippen LogP contribution in [0.1, 0.15) is 51.0 Å². The first kappa shape index (κ1) is 15.4. The average molecular weight is 285 g/mol. The molecule has 2 rings (SSSR count). The molecular formula is C17H23N3O. The lowest BCUT2D eigenvalue weighted by Gasteiger charge is -2.06. The van der Waals surface area contributed by atoms with E-state index in [-0.39, 0.29) is 5.75 Å². The molecule has 21 heavy (non-hydrogen) atoms. The SMILES string of the molecule is CCCCCCCCc1ccc(-c2ncncn2)c(O)c1. The zero-order valence-electron chi connectivity index (χ0n) is 12.6. The second-order valence-corrected chi connectivity index (χ2v) is 5.33. The smallest absolute Gasteiger partial charge is 0.166 e. The van der Waals surface area contributed by atoms with Gasteiger partial charge in [0.2, 0.25) is 0 Å². The number of aryl methyl sites for hydroxylation is 1. The number of hydrogen-bond acceptors (Lipinski definition) is 4. The maximum absolute atomic E-state index is 10.1. The fourth-order valence-electron chi connectivity index (χ4n) is 2.41. The minimum absolute atomic E-state index is 0.240. The van der Waals surface area contributed by atoms with Gasteiger partial charge in [-0.2, -0.15) is 0 Å². The fourth-order valence-corrected chi connectivity index (χ4v) is 2.41. The highest BCUT2D eigenvalue weighted by molar-refractivity contribution is 5.63. The second kappa shape index (κ2) is 8.35. The second-order valence-electron chi connectivity index (χ2n) is 5.33. The molecule has 0 aliphatic rings. The van der Waals surface area contributed by atoms with Gasteiger partial charge in [-0.1, -0.05) is 45.1 Å². The van der Waals surface area contributed by atoms with Gasteiger partial charge in [0.05, 0.1) is 5.56 Å². The Bertz CT molecular complexity index is 543. The molecule has 0 saturated heterocycles. The molecule has 1 heterocycles. The van der Waals surface area contributed by atoms with Crippen molar-refractivity contribution >= 4 is 0 Å². The number of rotatable bonds is 8. The predicted molar refractivity (Wildman–Crippen MR) is 84.0 cm³/mol. The van der Waals surface area contributed by atoms with E-state index in [0.29, 0.717) is 11.4 Å². The molecule has 0 spiro atoms. The Balaban J connectivity index is 1.88. The number of aromatic nitrogens is 3. The number of aromatic hydroxyl groups is 1. The lowest BCUT2D eigenvalue weighted by Crippen LogP contribution is -1.91. The third kappa shape index (κ3) is 4.81. The maximum atomic E-state index is 10.1. The van der Waals surface area contributed by atoms with E-state index in [9.17, 15) is 5.11 Å². The van der Waals surface area contributed by atoms with Crippen LogP contribution in [0.25, 0.3) is 11.4 Å². The van der Waals surface area contributed by atoms with E-state index in [4.69, 9.17) is 0 Å². The summed E-state index contributed by atoms with van der Waals surface area (Å²) >= 11 is 0. The molecule has 4 nitrogen and oxygen atoms in total. The van der Waals surface area contributed by atoms with Gasteiger partial charge in [0.1, 0.15) is 18.4 Å². The van der Waals surface area contributed by atoms with Crippen LogP contribution in [-0.4, -0.2) is 20.1 Å². The Morgan fingerprint density at radius 1 is 0.952 bits per heavy atom. The average Bonchev–Trinajstić information content (AvgIpc) is 2.52. The Kier molecular flexibility index (Phi) is 6.13. The molecule has 4 heteroatoms. The molecule has 0 aliphatic heterocycles. The Hall–Kier alpha value is -1.97. The van der Waals surface area contributed by atoms with Crippen LogP contribution in [0.15, 0.2) is 30.9 Å². The fraction of sp³-hybridized carbons (Fsp3) is 0.471. The summed E-state index contributed by atoms with van der Waals surface area (Å²) in [5, 5.41) is 10.1. The largest absolute Gasteiger partial charge is 0.507 e. The molecule has 0 amide bonds. The van der Waals surface area contributed by atoms with E-state index in [1.807, 2.05) is 18.2 Å². The third-order valence-corrected chi connectivity index (χ3v) is 3.62. The van der Waals surface area contributed by atoms with Crippen LogP contribution in [0.3, 0.4) is 0 Å². The molecule has 0 saturated carbocycles. The number of unbranched alkanes of at least 4 members (excludes halogenated alkanes) is 5. The number of nitrogens with zero attached hydrogens (tertiary/aromatic N) is 3. The van der Waals surface area contributed by atoms with Crippen molar-refractivity contribution in [2.24, 2.45) is 0 Å². The molecule has 1 aromatic heterocycles. The quantitative estimate of drug-likeness (QED) is 0.740. The zero-order chi connectivity index (χ0) is 14.9. The summed E-state index contributed by atoms with van der Waals surface area (Å²) in [7, 11) is 0. The lowest BCUT2D eigenvalue weighted by molar-refractivity contribution is 0.476. The van der Waals surface area contributed by atoms with Gasteiger partial charge in [-0.05, 0) is 30.5 Å². The Morgan fingerprint density at radius 2 is 1.67 bits per heavy atom. The standard InChI is InChI=1S/C17H23N3O/c1-2-3-4-5-6-7-8-14-9-10-15(16(21)11-14)17-19-12-18-13-20-17/h9-13,21H,2-8H2,1H3. The summed E-state index contributed by atoms with van der Waals surface area (Å²) in [6, 6.07) is 5.76. The van der Waals surface area contributed by atoms with Crippen molar-refractivity contribution in [2.75, 3.05) is 0 Å². The van der Waals surface area contributed by atoms with Crippen LogP contribution in [0.2, 0.25) is 0 Å². The van der Waals surface area contributed by atoms with Crippen molar-refractivity contribution < 1.29 is 5.11 Å². The van der Waals surface area contributed by atoms with Crippen LogP contribution in [0.5, 0.6) is 5.75 Å². The number of phenols is 1. The van der Waals surface area contributed by atoms with E-state index >= 15 is 0 Å². The highest BCUT2D eigenvalue weighted by atomic mass is 16.3. The van der Waals surface area contributed by atoms with Crippen molar-refractivity contribution in [2.45, 2.75) is 51.9 Å². The maximum Gasteiger partial charge on any atom is 0.166 e. The first-order valence-electron chi connectivity index (χ1n) is 7.75. The number of phenolic OH excluding ortho intramolecular Hbond substituents is 1. The Labute approximate surface area is 126 Å². The highest BCUT2D eigenvalue weighted by Gasteiger charge is 2.07. The minimum Gasteiger partial charge on any atom is -0.507 e.